The SMILES string of the molecule is CC1CNC(C)(C)CO1.CSC.Cc1ccc(-c2ccc(OC=O)c(N(C)C)c2)cc1.N#CCNC=O. The number of amides is 1. The van der Waals surface area contributed by atoms with Crippen molar-refractivity contribution in [2.75, 3.05) is 51.2 Å². The molecular formula is C28H42N4O4S. The number of ether oxygens (including phenoxy) is 2. The van der Waals surface area contributed by atoms with Crippen molar-refractivity contribution >= 4 is 30.3 Å². The van der Waals surface area contributed by atoms with Crippen molar-refractivity contribution in [2.45, 2.75) is 39.3 Å². The zero-order valence-corrected chi connectivity index (χ0v) is 24.1. The van der Waals surface area contributed by atoms with Gasteiger partial charge in [-0.1, -0.05) is 35.9 Å². The van der Waals surface area contributed by atoms with Crippen LogP contribution < -0.4 is 20.3 Å². The van der Waals surface area contributed by atoms with Crippen LogP contribution in [0, 0.1) is 18.3 Å². The van der Waals surface area contributed by atoms with Gasteiger partial charge in [-0.05, 0) is 63.5 Å². The molecule has 0 bridgehead atoms. The van der Waals surface area contributed by atoms with E-state index in [9.17, 15) is 9.59 Å². The van der Waals surface area contributed by atoms with E-state index < -0.39 is 0 Å². The summed E-state index contributed by atoms with van der Waals surface area (Å²) in [7, 11) is 3.85. The Kier molecular flexibility index (Phi) is 17.5. The number of aryl methyl sites for hydroxylation is 1. The molecular weight excluding hydrogens is 488 g/mol. The van der Waals surface area contributed by atoms with Crippen LogP contribution in [0.2, 0.25) is 0 Å². The van der Waals surface area contributed by atoms with Crippen LogP contribution in [0.5, 0.6) is 5.75 Å². The summed E-state index contributed by atoms with van der Waals surface area (Å²) in [6, 6.07) is 15.9. The number of nitrogens with zero attached hydrogens (tertiary/aromatic N) is 2. The Hall–Kier alpha value is -3.06. The zero-order chi connectivity index (χ0) is 28.3. The van der Waals surface area contributed by atoms with Crippen molar-refractivity contribution in [2.24, 2.45) is 0 Å². The molecule has 0 aromatic heterocycles. The van der Waals surface area contributed by atoms with E-state index >= 15 is 0 Å². The maximum atomic E-state index is 10.5. The van der Waals surface area contributed by atoms with E-state index in [1.807, 2.05) is 49.7 Å². The Morgan fingerprint density at radius 1 is 1.19 bits per heavy atom. The number of hydrogen-bond donors (Lipinski definition) is 2. The van der Waals surface area contributed by atoms with Crippen molar-refractivity contribution in [3.05, 3.63) is 48.0 Å². The van der Waals surface area contributed by atoms with Crippen molar-refractivity contribution < 1.29 is 19.1 Å². The molecule has 37 heavy (non-hydrogen) atoms. The molecule has 1 atom stereocenters. The summed E-state index contributed by atoms with van der Waals surface area (Å²) >= 11 is 1.75. The highest BCUT2D eigenvalue weighted by molar-refractivity contribution is 7.97. The minimum atomic E-state index is 0.101. The summed E-state index contributed by atoms with van der Waals surface area (Å²) < 4.78 is 10.4. The first-order valence-electron chi connectivity index (χ1n) is 11.8. The van der Waals surface area contributed by atoms with Crippen LogP contribution >= 0.6 is 11.8 Å². The highest BCUT2D eigenvalue weighted by atomic mass is 32.2. The molecule has 204 valence electrons. The molecule has 1 saturated heterocycles. The Balaban J connectivity index is 0.000000595. The molecule has 9 heteroatoms. The first-order chi connectivity index (χ1) is 17.5. The lowest BCUT2D eigenvalue weighted by atomic mass is 10.0. The minimum absolute atomic E-state index is 0.101. The Morgan fingerprint density at radius 2 is 1.78 bits per heavy atom. The quantitative estimate of drug-likeness (QED) is 0.324. The fraction of sp³-hybridized carbons (Fsp3) is 0.464. The van der Waals surface area contributed by atoms with Crippen molar-refractivity contribution in [3.63, 3.8) is 0 Å². The van der Waals surface area contributed by atoms with Crippen LogP contribution in [0.15, 0.2) is 42.5 Å². The average Bonchev–Trinajstić information content (AvgIpc) is 2.87. The second kappa shape index (κ2) is 19.1. The molecule has 1 fully saturated rings. The highest BCUT2D eigenvalue weighted by Crippen LogP contribution is 2.32. The smallest absolute Gasteiger partial charge is 0.298 e. The molecule has 2 aromatic rings. The number of thioether (sulfide) groups is 1. The molecule has 2 N–H and O–H groups in total. The number of hydrogen-bond acceptors (Lipinski definition) is 8. The fourth-order valence-corrected chi connectivity index (χ4v) is 2.91. The lowest BCUT2D eigenvalue weighted by molar-refractivity contribution is -0.120. The highest BCUT2D eigenvalue weighted by Gasteiger charge is 2.23. The fourth-order valence-electron chi connectivity index (χ4n) is 2.91. The maximum Gasteiger partial charge on any atom is 0.298 e. The molecule has 0 spiro atoms. The van der Waals surface area contributed by atoms with Crippen LogP contribution in [-0.4, -0.2) is 70.8 Å². The Labute approximate surface area is 226 Å². The third-order valence-corrected chi connectivity index (χ3v) is 4.86. The van der Waals surface area contributed by atoms with Gasteiger partial charge in [-0.3, -0.25) is 9.59 Å². The second-order valence-corrected chi connectivity index (χ2v) is 9.93. The largest absolute Gasteiger partial charge is 0.427 e. The molecule has 2 aromatic carbocycles. The molecule has 1 aliphatic heterocycles. The zero-order valence-electron chi connectivity index (χ0n) is 23.3. The van der Waals surface area contributed by atoms with Gasteiger partial charge in [-0.15, -0.1) is 0 Å². The molecule has 1 heterocycles. The summed E-state index contributed by atoms with van der Waals surface area (Å²) in [6.07, 6.45) is 4.96. The van der Waals surface area contributed by atoms with Crippen LogP contribution in [0.1, 0.15) is 26.3 Å². The normalized spacial score (nSPS) is 14.9. The van der Waals surface area contributed by atoms with E-state index in [1.165, 1.54) is 5.56 Å². The predicted octanol–water partition coefficient (Wildman–Crippen LogP) is 4.27. The summed E-state index contributed by atoms with van der Waals surface area (Å²) in [6.45, 7) is 10.8. The number of nitriles is 1. The number of morpholine rings is 1. The molecule has 8 nitrogen and oxygen atoms in total. The second-order valence-electron chi connectivity index (χ2n) is 9.11. The number of carbonyl (C=O) groups is 2. The van der Waals surface area contributed by atoms with Crippen molar-refractivity contribution in [1.82, 2.24) is 10.6 Å². The number of nitrogens with one attached hydrogen (secondary N) is 2. The predicted molar refractivity (Wildman–Crippen MR) is 154 cm³/mol. The van der Waals surface area contributed by atoms with Crippen molar-refractivity contribution in [3.8, 4) is 22.9 Å². The van der Waals surface area contributed by atoms with Gasteiger partial charge in [0.2, 0.25) is 6.41 Å². The third-order valence-electron chi connectivity index (χ3n) is 4.86. The minimum Gasteiger partial charge on any atom is -0.427 e. The summed E-state index contributed by atoms with van der Waals surface area (Å²) in [5.74, 6) is 0.566. The van der Waals surface area contributed by atoms with Gasteiger partial charge in [0, 0.05) is 26.2 Å². The van der Waals surface area contributed by atoms with Gasteiger partial charge < -0.3 is 25.0 Å². The Bertz CT molecular complexity index is 950. The molecule has 0 aliphatic carbocycles. The van der Waals surface area contributed by atoms with E-state index in [0.29, 0.717) is 24.7 Å². The molecule has 3 rings (SSSR count). The Morgan fingerprint density at radius 3 is 2.19 bits per heavy atom. The molecule has 1 unspecified atom stereocenters. The first kappa shape index (κ1) is 33.9. The van der Waals surface area contributed by atoms with Gasteiger partial charge in [-0.2, -0.15) is 17.0 Å². The monoisotopic (exact) mass is 530 g/mol. The van der Waals surface area contributed by atoms with E-state index in [0.717, 1.165) is 30.0 Å². The third kappa shape index (κ3) is 14.9. The number of carbonyl (C=O) groups excluding carboxylic acids is 2. The molecule has 0 saturated carbocycles. The molecule has 1 amide bonds. The van der Waals surface area contributed by atoms with Crippen molar-refractivity contribution in [1.29, 1.82) is 5.26 Å². The van der Waals surface area contributed by atoms with Crippen LogP contribution in [0.25, 0.3) is 11.1 Å². The van der Waals surface area contributed by atoms with Gasteiger partial charge >= 0.3 is 0 Å². The maximum absolute atomic E-state index is 10.5. The number of benzene rings is 2. The lowest BCUT2D eigenvalue weighted by Crippen LogP contribution is -2.52. The topological polar surface area (TPSA) is 104 Å². The van der Waals surface area contributed by atoms with Gasteiger partial charge in [0.15, 0.2) is 5.75 Å². The van der Waals surface area contributed by atoms with Gasteiger partial charge in [-0.25, -0.2) is 0 Å². The number of rotatable bonds is 6. The van der Waals surface area contributed by atoms with E-state index in [4.69, 9.17) is 14.7 Å². The van der Waals surface area contributed by atoms with Crippen LogP contribution in [0.4, 0.5) is 5.69 Å². The molecule has 1 aliphatic rings. The van der Waals surface area contributed by atoms with Gasteiger partial charge in [0.25, 0.3) is 6.47 Å². The summed E-state index contributed by atoms with van der Waals surface area (Å²) in [5.41, 5.74) is 4.54. The van der Waals surface area contributed by atoms with E-state index in [2.05, 4.69) is 62.6 Å². The first-order valence-corrected chi connectivity index (χ1v) is 13.5. The number of anilines is 1. The molecule has 0 radical (unpaired) electrons. The standard InChI is InChI=1S/C16H17NO2.C7H15NO.C3H4N2O.C2H6S/c1-12-4-6-13(7-5-12)14-8-9-16(19-11-18)15(10-14)17(2)3;1-6-4-8-7(2,3)5-9-6;4-1-2-5-3-6;1-3-2/h4-11H,1-3H3;6,8H,4-5H2,1-3H3;3H,2H2,(H,5,6);1-2H3. The van der Waals surface area contributed by atoms with E-state index in [-0.39, 0.29) is 12.1 Å². The summed E-state index contributed by atoms with van der Waals surface area (Å²) in [5, 5.41) is 13.3. The average molecular weight is 531 g/mol. The van der Waals surface area contributed by atoms with Crippen LogP contribution in [-0.2, 0) is 14.3 Å². The summed E-state index contributed by atoms with van der Waals surface area (Å²) in [4.78, 5) is 21.7. The van der Waals surface area contributed by atoms with Crippen LogP contribution in [0.3, 0.4) is 0 Å². The van der Waals surface area contributed by atoms with E-state index in [1.54, 1.807) is 17.8 Å². The van der Waals surface area contributed by atoms with Gasteiger partial charge in [0.05, 0.1) is 24.5 Å². The lowest BCUT2D eigenvalue weighted by Gasteiger charge is -2.34. The van der Waals surface area contributed by atoms with Gasteiger partial charge in [0.1, 0.15) is 6.54 Å².